The molecular formula is C10H10N4O7. The van der Waals surface area contributed by atoms with E-state index < -0.39 is 22.8 Å². The molecule has 11 heteroatoms. The van der Waals surface area contributed by atoms with E-state index in [1.54, 1.807) is 6.92 Å². The minimum Gasteiger partial charge on any atom is -0.372 e. The van der Waals surface area contributed by atoms with Crippen molar-refractivity contribution in [3.8, 4) is 0 Å². The predicted octanol–water partition coefficient (Wildman–Crippen LogP) is -0.328. The van der Waals surface area contributed by atoms with E-state index in [1.807, 2.05) is 0 Å². The summed E-state index contributed by atoms with van der Waals surface area (Å²) in [6.45, 7) is 2.03. The van der Waals surface area contributed by atoms with Gasteiger partial charge in [-0.2, -0.15) is 0 Å². The molecule has 1 aromatic heterocycles. The van der Waals surface area contributed by atoms with Crippen LogP contribution in [0.2, 0.25) is 0 Å². The summed E-state index contributed by atoms with van der Waals surface area (Å²) in [5.74, 6) is -0.741. The zero-order chi connectivity index (χ0) is 15.1. The number of aromatic nitrogens is 2. The Morgan fingerprint density at radius 1 is 1.57 bits per heavy atom. The van der Waals surface area contributed by atoms with Crippen LogP contribution in [-0.2, 0) is 9.57 Å². The van der Waals surface area contributed by atoms with E-state index in [1.165, 1.54) is 0 Å². The lowest BCUT2D eigenvalue weighted by Crippen LogP contribution is -2.43. The molecule has 112 valence electrons. The van der Waals surface area contributed by atoms with Gasteiger partial charge in [0.25, 0.3) is 5.71 Å². The van der Waals surface area contributed by atoms with Crippen LogP contribution in [0.1, 0.15) is 30.7 Å². The standard InChI is InChI=1S/C10H10N4O7/c1-2-19-8-3-5-6(13(17)20-8)4-7(12(15)16)9-10(5)14(18)21-11-9/h4-5,8H,2-3H2,1H3/t5-,8+/m1/s1. The summed E-state index contributed by atoms with van der Waals surface area (Å²) in [5.41, 5.74) is -0.825. The van der Waals surface area contributed by atoms with Crippen molar-refractivity contribution in [2.75, 3.05) is 6.61 Å². The van der Waals surface area contributed by atoms with Crippen LogP contribution in [0.15, 0.2) is 10.7 Å². The first-order valence-corrected chi connectivity index (χ1v) is 6.11. The molecule has 0 bridgehead atoms. The minimum atomic E-state index is -0.852. The highest BCUT2D eigenvalue weighted by molar-refractivity contribution is 6.03. The summed E-state index contributed by atoms with van der Waals surface area (Å²) >= 11 is 0. The van der Waals surface area contributed by atoms with Gasteiger partial charge < -0.3 is 14.8 Å². The Kier molecular flexibility index (Phi) is 2.97. The van der Waals surface area contributed by atoms with Crippen molar-refractivity contribution in [1.82, 2.24) is 5.16 Å². The smallest absolute Gasteiger partial charge is 0.333 e. The maximum absolute atomic E-state index is 11.9. The van der Waals surface area contributed by atoms with Gasteiger partial charge in [0.2, 0.25) is 5.69 Å². The quantitative estimate of drug-likeness (QED) is 0.419. The second-order valence-electron chi connectivity index (χ2n) is 4.41. The summed E-state index contributed by atoms with van der Waals surface area (Å²) in [5, 5.41) is 38.0. The largest absolute Gasteiger partial charge is 0.372 e. The Balaban J connectivity index is 2.13. The van der Waals surface area contributed by atoms with Crippen molar-refractivity contribution in [2.45, 2.75) is 25.6 Å². The lowest BCUT2D eigenvalue weighted by atomic mass is 9.87. The van der Waals surface area contributed by atoms with E-state index in [2.05, 4.69) is 9.79 Å². The van der Waals surface area contributed by atoms with Crippen LogP contribution < -0.4 is 4.90 Å². The van der Waals surface area contributed by atoms with Crippen LogP contribution in [0.4, 0.5) is 0 Å². The van der Waals surface area contributed by atoms with Crippen molar-refractivity contribution in [3.63, 3.8) is 0 Å². The highest BCUT2D eigenvalue weighted by atomic mass is 16.9. The third kappa shape index (κ3) is 1.98. The Morgan fingerprint density at radius 2 is 2.33 bits per heavy atom. The van der Waals surface area contributed by atoms with Crippen LogP contribution in [0.25, 0.3) is 5.70 Å². The van der Waals surface area contributed by atoms with E-state index in [0.717, 1.165) is 6.08 Å². The fraction of sp³-hybridized carbons (Fsp3) is 0.500. The van der Waals surface area contributed by atoms with Crippen LogP contribution in [0, 0.1) is 20.5 Å². The lowest BCUT2D eigenvalue weighted by molar-refractivity contribution is -0.810. The van der Waals surface area contributed by atoms with Crippen molar-refractivity contribution in [3.05, 3.63) is 38.0 Å². The van der Waals surface area contributed by atoms with Gasteiger partial charge in [0, 0.05) is 17.9 Å². The van der Waals surface area contributed by atoms with Gasteiger partial charge >= 0.3 is 11.4 Å². The third-order valence-electron chi connectivity index (χ3n) is 3.26. The molecule has 1 aliphatic carbocycles. The van der Waals surface area contributed by atoms with Crippen molar-refractivity contribution in [1.29, 1.82) is 0 Å². The number of hydrogen-bond donors (Lipinski definition) is 0. The van der Waals surface area contributed by atoms with E-state index >= 15 is 0 Å². The number of rotatable bonds is 3. The average Bonchev–Trinajstić information content (AvgIpc) is 2.81. The van der Waals surface area contributed by atoms with Crippen LogP contribution >= 0.6 is 0 Å². The summed E-state index contributed by atoms with van der Waals surface area (Å²) in [6.07, 6.45) is 0.333. The lowest BCUT2D eigenvalue weighted by Gasteiger charge is -2.28. The van der Waals surface area contributed by atoms with Crippen LogP contribution in [-0.4, -0.2) is 33.6 Å². The second-order valence-corrected chi connectivity index (χ2v) is 4.41. The van der Waals surface area contributed by atoms with E-state index in [4.69, 9.17) is 9.57 Å². The molecule has 0 aromatic carbocycles. The molecular weight excluding hydrogens is 288 g/mol. The highest BCUT2D eigenvalue weighted by Gasteiger charge is 2.49. The summed E-state index contributed by atoms with van der Waals surface area (Å²) in [6, 6.07) is 0. The van der Waals surface area contributed by atoms with E-state index in [9.17, 15) is 20.5 Å². The number of fused-ring (bicyclic) bond motifs is 3. The summed E-state index contributed by atoms with van der Waals surface area (Å²) in [4.78, 5) is 15.4. The van der Waals surface area contributed by atoms with Gasteiger partial charge in [-0.05, 0) is 11.8 Å². The van der Waals surface area contributed by atoms with E-state index in [0.29, 0.717) is 6.61 Å². The van der Waals surface area contributed by atoms with Gasteiger partial charge in [0.1, 0.15) is 5.92 Å². The Labute approximate surface area is 116 Å². The number of allylic oxidation sites excluding steroid dienone is 1. The topological polar surface area (TPSA) is 141 Å². The molecule has 0 amide bonds. The van der Waals surface area contributed by atoms with Gasteiger partial charge in [-0.25, -0.2) is 0 Å². The molecule has 0 fully saturated rings. The highest BCUT2D eigenvalue weighted by Crippen LogP contribution is 2.35. The van der Waals surface area contributed by atoms with Gasteiger partial charge in [-0.1, -0.05) is 0 Å². The van der Waals surface area contributed by atoms with Gasteiger partial charge in [-0.15, -0.1) is 0 Å². The molecule has 0 saturated carbocycles. The molecule has 2 atom stereocenters. The number of hydrogen-bond acceptors (Lipinski definition) is 8. The Morgan fingerprint density at radius 3 is 3.00 bits per heavy atom. The monoisotopic (exact) mass is 298 g/mol. The average molecular weight is 298 g/mol. The molecule has 3 rings (SSSR count). The molecule has 1 aromatic rings. The summed E-state index contributed by atoms with van der Waals surface area (Å²) in [7, 11) is 0. The normalized spacial score (nSPS) is 24.0. The first kappa shape index (κ1) is 13.3. The fourth-order valence-corrected chi connectivity index (χ4v) is 2.41. The van der Waals surface area contributed by atoms with Crippen molar-refractivity contribution < 1.29 is 28.9 Å². The molecule has 2 heterocycles. The number of nitrogens with zero attached hydrogens (tertiary/aromatic N) is 4. The first-order chi connectivity index (χ1) is 10.0. The van der Waals surface area contributed by atoms with Crippen molar-refractivity contribution in [2.24, 2.45) is 0 Å². The predicted molar refractivity (Wildman–Crippen MR) is 62.9 cm³/mol. The third-order valence-corrected chi connectivity index (χ3v) is 3.26. The molecule has 0 unspecified atom stereocenters. The zero-order valence-electron chi connectivity index (χ0n) is 10.8. The maximum atomic E-state index is 11.9. The molecule has 0 spiro atoms. The summed E-state index contributed by atoms with van der Waals surface area (Å²) < 4.78 is 9.64. The second kappa shape index (κ2) is 4.70. The molecule has 11 nitrogen and oxygen atoms in total. The molecule has 0 radical (unpaired) electrons. The van der Waals surface area contributed by atoms with Gasteiger partial charge in [-0.3, -0.25) is 20.0 Å². The molecule has 2 aliphatic rings. The maximum Gasteiger partial charge on any atom is 0.333 e. The number of nitro groups is 1. The Hall–Kier alpha value is -2.69. The van der Waals surface area contributed by atoms with Crippen LogP contribution in [0.3, 0.4) is 0 Å². The molecule has 0 saturated heterocycles. The van der Waals surface area contributed by atoms with Gasteiger partial charge in [0.05, 0.1) is 16.2 Å². The SMILES string of the molecule is CCO[C@@H]1C[C@@H]2C(=[N+]([O-])O1)C=C([N+](=O)[O-])c1no[n+]([O-])c12. The van der Waals surface area contributed by atoms with Gasteiger partial charge in [0.15, 0.2) is 6.29 Å². The van der Waals surface area contributed by atoms with E-state index in [-0.39, 0.29) is 33.3 Å². The number of ether oxygens (including phenoxy) is 1. The Bertz CT molecular complexity index is 664. The fourth-order valence-electron chi connectivity index (χ4n) is 2.41. The first-order valence-electron chi connectivity index (χ1n) is 6.11. The zero-order valence-corrected chi connectivity index (χ0v) is 10.8. The van der Waals surface area contributed by atoms with Crippen molar-refractivity contribution >= 4 is 11.4 Å². The molecule has 21 heavy (non-hydrogen) atoms. The van der Waals surface area contributed by atoms with Crippen LogP contribution in [0.5, 0.6) is 0 Å². The minimum absolute atomic E-state index is 0.0575. The molecule has 0 N–H and O–H groups in total. The molecule has 1 aliphatic heterocycles.